The van der Waals surface area contributed by atoms with Crippen molar-refractivity contribution < 1.29 is 14.3 Å². The van der Waals surface area contributed by atoms with Crippen LogP contribution in [0, 0.1) is 17.7 Å². The number of carbonyl (C=O) groups excluding carboxylic acids is 1. The molecule has 0 spiro atoms. The minimum atomic E-state index is -0.325. The smallest absolute Gasteiger partial charge is 0.227 e. The summed E-state index contributed by atoms with van der Waals surface area (Å²) in [5, 5.41) is 10.2. The van der Waals surface area contributed by atoms with E-state index in [1.54, 1.807) is 30.6 Å². The standard InChI is InChI=1S/C30H30FN3O2/c31-26-6-2-1-5-24(26)10-7-22-8-11-25(12-9-22)30-27-20-33(17-3-4-18-34(27)28(30)21-35)29(36)19-23-13-15-32-16-14-23/h1-2,5-6,8-9,11-16,27-28,30,35H,3-4,17-21H2/t27-,28+,30+/m1/s1. The number of carbonyl (C=O) groups is 1. The van der Waals surface area contributed by atoms with Crippen molar-refractivity contribution in [2.24, 2.45) is 0 Å². The Morgan fingerprint density at radius 1 is 1.00 bits per heavy atom. The number of aliphatic hydroxyl groups is 1. The fourth-order valence-electron chi connectivity index (χ4n) is 5.44. The molecule has 2 aliphatic heterocycles. The van der Waals surface area contributed by atoms with E-state index < -0.39 is 0 Å². The fourth-order valence-corrected chi connectivity index (χ4v) is 5.44. The van der Waals surface area contributed by atoms with Crippen LogP contribution in [0.15, 0.2) is 73.1 Å². The summed E-state index contributed by atoms with van der Waals surface area (Å²) in [4.78, 5) is 21.6. The van der Waals surface area contributed by atoms with E-state index in [0.717, 1.165) is 42.6 Å². The van der Waals surface area contributed by atoms with Gasteiger partial charge in [0.05, 0.1) is 18.6 Å². The summed E-state index contributed by atoms with van der Waals surface area (Å²) in [6, 6.07) is 18.5. The van der Waals surface area contributed by atoms with Crippen molar-refractivity contribution >= 4 is 5.91 Å². The van der Waals surface area contributed by atoms with Crippen LogP contribution in [0.4, 0.5) is 4.39 Å². The maximum atomic E-state index is 13.9. The fraction of sp³-hybridized carbons (Fsp3) is 0.333. The zero-order valence-electron chi connectivity index (χ0n) is 20.2. The van der Waals surface area contributed by atoms with E-state index in [0.29, 0.717) is 18.5 Å². The highest BCUT2D eigenvalue weighted by Crippen LogP contribution is 2.42. The molecule has 0 aliphatic carbocycles. The second-order valence-electron chi connectivity index (χ2n) is 9.51. The van der Waals surface area contributed by atoms with Gasteiger partial charge in [-0.3, -0.25) is 14.7 Å². The minimum Gasteiger partial charge on any atom is -0.395 e. The number of hydrogen-bond acceptors (Lipinski definition) is 4. The van der Waals surface area contributed by atoms with E-state index in [9.17, 15) is 14.3 Å². The van der Waals surface area contributed by atoms with E-state index in [2.05, 4.69) is 33.9 Å². The molecule has 3 aromatic rings. The van der Waals surface area contributed by atoms with Gasteiger partial charge in [0, 0.05) is 49.0 Å². The summed E-state index contributed by atoms with van der Waals surface area (Å²) in [6.07, 6.45) is 5.78. The highest BCUT2D eigenvalue weighted by molar-refractivity contribution is 5.78. The average molecular weight is 484 g/mol. The summed E-state index contributed by atoms with van der Waals surface area (Å²) < 4.78 is 13.9. The molecule has 1 N–H and O–H groups in total. The first-order chi connectivity index (χ1) is 17.6. The third kappa shape index (κ3) is 5.18. The van der Waals surface area contributed by atoms with Crippen molar-refractivity contribution in [1.82, 2.24) is 14.8 Å². The third-order valence-electron chi connectivity index (χ3n) is 7.34. The van der Waals surface area contributed by atoms with Crippen LogP contribution in [0.1, 0.15) is 41.0 Å². The molecule has 5 nitrogen and oxygen atoms in total. The Hall–Kier alpha value is -3.53. The van der Waals surface area contributed by atoms with Gasteiger partial charge in [0.2, 0.25) is 5.91 Å². The molecule has 2 fully saturated rings. The van der Waals surface area contributed by atoms with Gasteiger partial charge in [-0.05, 0) is 66.9 Å². The van der Waals surface area contributed by atoms with Crippen molar-refractivity contribution in [3.05, 3.63) is 101 Å². The summed E-state index contributed by atoms with van der Waals surface area (Å²) in [5.41, 5.74) is 3.29. The topological polar surface area (TPSA) is 56.7 Å². The Balaban J connectivity index is 1.32. The van der Waals surface area contributed by atoms with Gasteiger partial charge in [-0.2, -0.15) is 0 Å². The Labute approximate surface area is 211 Å². The number of hydrogen-bond donors (Lipinski definition) is 1. The van der Waals surface area contributed by atoms with Crippen LogP contribution in [0.3, 0.4) is 0 Å². The molecule has 0 unspecified atom stereocenters. The van der Waals surface area contributed by atoms with Gasteiger partial charge in [0.25, 0.3) is 0 Å². The van der Waals surface area contributed by atoms with E-state index in [1.165, 1.54) is 6.07 Å². The third-order valence-corrected chi connectivity index (χ3v) is 7.34. The predicted molar refractivity (Wildman–Crippen MR) is 137 cm³/mol. The van der Waals surface area contributed by atoms with Crippen molar-refractivity contribution in [1.29, 1.82) is 0 Å². The van der Waals surface area contributed by atoms with Gasteiger partial charge >= 0.3 is 0 Å². The van der Waals surface area contributed by atoms with Crippen LogP contribution in [0.25, 0.3) is 0 Å². The zero-order valence-corrected chi connectivity index (χ0v) is 20.2. The molecule has 2 aliphatic rings. The number of rotatable bonds is 4. The quantitative estimate of drug-likeness (QED) is 0.576. The Bertz CT molecular complexity index is 1250. The van der Waals surface area contributed by atoms with Crippen LogP contribution in [0.2, 0.25) is 0 Å². The first-order valence-electron chi connectivity index (χ1n) is 12.5. The van der Waals surface area contributed by atoms with E-state index in [-0.39, 0.29) is 36.3 Å². The number of pyridine rings is 1. The first kappa shape index (κ1) is 24.2. The number of amides is 1. The number of aromatic nitrogens is 1. The van der Waals surface area contributed by atoms with Crippen molar-refractivity contribution in [2.45, 2.75) is 37.3 Å². The number of aliphatic hydroxyl groups excluding tert-OH is 1. The number of halogens is 1. The average Bonchev–Trinajstić information content (AvgIpc) is 2.88. The van der Waals surface area contributed by atoms with Crippen LogP contribution < -0.4 is 0 Å². The maximum Gasteiger partial charge on any atom is 0.227 e. The van der Waals surface area contributed by atoms with Gasteiger partial charge < -0.3 is 10.0 Å². The summed E-state index contributed by atoms with van der Waals surface area (Å²) >= 11 is 0. The molecule has 3 heterocycles. The van der Waals surface area contributed by atoms with Gasteiger partial charge in [-0.15, -0.1) is 0 Å². The lowest BCUT2D eigenvalue weighted by Gasteiger charge is -2.57. The van der Waals surface area contributed by atoms with Gasteiger partial charge in [0.1, 0.15) is 5.82 Å². The molecule has 1 amide bonds. The lowest BCUT2D eigenvalue weighted by molar-refractivity contribution is -0.135. The lowest BCUT2D eigenvalue weighted by atomic mass is 9.74. The van der Waals surface area contributed by atoms with Crippen molar-refractivity contribution in [3.63, 3.8) is 0 Å². The summed E-state index contributed by atoms with van der Waals surface area (Å²) in [5.74, 6) is 5.89. The van der Waals surface area contributed by atoms with Crippen LogP contribution >= 0.6 is 0 Å². The largest absolute Gasteiger partial charge is 0.395 e. The maximum absolute atomic E-state index is 13.9. The van der Waals surface area contributed by atoms with Crippen LogP contribution in [-0.4, -0.2) is 64.1 Å². The summed E-state index contributed by atoms with van der Waals surface area (Å²) in [7, 11) is 0. The van der Waals surface area contributed by atoms with Crippen LogP contribution in [0.5, 0.6) is 0 Å². The zero-order chi connectivity index (χ0) is 24.9. The summed E-state index contributed by atoms with van der Waals surface area (Å²) in [6.45, 7) is 2.43. The molecule has 5 rings (SSSR count). The monoisotopic (exact) mass is 483 g/mol. The van der Waals surface area contributed by atoms with E-state index >= 15 is 0 Å². The normalized spacial score (nSPS) is 21.8. The molecule has 184 valence electrons. The SMILES string of the molecule is O=C(Cc1ccncc1)N1CCCCN2[C@H](C1)[C@H](c1ccc(C#Cc3ccccc3F)cc1)[C@@H]2CO. The molecule has 2 aromatic carbocycles. The van der Waals surface area contributed by atoms with Gasteiger partial charge in [-0.1, -0.05) is 36.1 Å². The van der Waals surface area contributed by atoms with Gasteiger partial charge in [-0.25, -0.2) is 4.39 Å². The Morgan fingerprint density at radius 3 is 2.50 bits per heavy atom. The van der Waals surface area contributed by atoms with Crippen LogP contribution in [-0.2, 0) is 11.2 Å². The first-order valence-corrected chi connectivity index (χ1v) is 12.5. The van der Waals surface area contributed by atoms with Gasteiger partial charge in [0.15, 0.2) is 0 Å². The molecule has 1 aromatic heterocycles. The Kier molecular flexibility index (Phi) is 7.41. The molecule has 36 heavy (non-hydrogen) atoms. The molecule has 0 saturated carbocycles. The Morgan fingerprint density at radius 2 is 1.75 bits per heavy atom. The predicted octanol–water partition coefficient (Wildman–Crippen LogP) is 3.61. The second-order valence-corrected chi connectivity index (χ2v) is 9.51. The highest BCUT2D eigenvalue weighted by atomic mass is 19.1. The molecule has 2 saturated heterocycles. The molecule has 3 atom stereocenters. The molecule has 0 bridgehead atoms. The molecular weight excluding hydrogens is 453 g/mol. The molecular formula is C30H30FN3O2. The number of fused-ring (bicyclic) bond motifs is 1. The lowest BCUT2D eigenvalue weighted by Crippen LogP contribution is -2.68. The molecule has 6 heteroatoms. The number of nitrogens with zero attached hydrogens (tertiary/aromatic N) is 3. The molecule has 0 radical (unpaired) electrons. The van der Waals surface area contributed by atoms with E-state index in [1.807, 2.05) is 29.2 Å². The van der Waals surface area contributed by atoms with Crippen molar-refractivity contribution in [2.75, 3.05) is 26.2 Å². The minimum absolute atomic E-state index is 0.0422. The van der Waals surface area contributed by atoms with E-state index in [4.69, 9.17) is 0 Å². The second kappa shape index (κ2) is 11.0. The van der Waals surface area contributed by atoms with Crippen molar-refractivity contribution in [3.8, 4) is 11.8 Å². The number of benzene rings is 2. The highest BCUT2D eigenvalue weighted by Gasteiger charge is 2.49.